The highest BCUT2D eigenvalue weighted by molar-refractivity contribution is 5.79. The van der Waals surface area contributed by atoms with Crippen LogP contribution in [0.5, 0.6) is 28.7 Å². The van der Waals surface area contributed by atoms with Gasteiger partial charge in [-0.1, -0.05) is 12.8 Å². The van der Waals surface area contributed by atoms with Gasteiger partial charge in [0.2, 0.25) is 12.5 Å². The average Bonchev–Trinajstić information content (AvgIpc) is 3.58. The molecule has 9 nitrogen and oxygen atoms in total. The van der Waals surface area contributed by atoms with Crippen LogP contribution in [0, 0.1) is 23.7 Å². The number of carbonyl (C=O) groups is 1. The first kappa shape index (κ1) is 25.8. The van der Waals surface area contributed by atoms with Crippen LogP contribution in [0.2, 0.25) is 0 Å². The Kier molecular flexibility index (Phi) is 5.91. The second-order valence-electron chi connectivity index (χ2n) is 11.8. The van der Waals surface area contributed by atoms with E-state index in [1.165, 1.54) is 0 Å². The van der Waals surface area contributed by atoms with E-state index in [-0.39, 0.29) is 25.2 Å². The fourth-order valence-electron chi connectivity index (χ4n) is 8.75. The number of hydrogen-bond donors (Lipinski definition) is 2. The van der Waals surface area contributed by atoms with Crippen LogP contribution in [-0.2, 0) is 15.1 Å². The van der Waals surface area contributed by atoms with Crippen LogP contribution in [0.25, 0.3) is 0 Å². The monoisotopic (exact) mass is 552 g/mol. The summed E-state index contributed by atoms with van der Waals surface area (Å²) in [4.78, 5) is 13.6. The number of benzene rings is 2. The van der Waals surface area contributed by atoms with Crippen molar-refractivity contribution in [2.75, 3.05) is 34.7 Å². The molecule has 9 heteroatoms. The summed E-state index contributed by atoms with van der Waals surface area (Å²) in [5.41, 5.74) is -1.08. The van der Waals surface area contributed by atoms with E-state index in [0.29, 0.717) is 39.9 Å². The lowest BCUT2D eigenvalue weighted by Gasteiger charge is -2.61. The number of hydrogen-bond acceptors (Lipinski definition) is 9. The molecule has 3 fully saturated rings. The maximum Gasteiger partial charge on any atom is 0.310 e. The van der Waals surface area contributed by atoms with Gasteiger partial charge in [0.05, 0.1) is 33.9 Å². The molecule has 0 spiro atoms. The fourth-order valence-corrected chi connectivity index (χ4v) is 8.75. The molecule has 2 aliphatic heterocycles. The molecular formula is C31H36O9. The molecular weight excluding hydrogens is 516 g/mol. The van der Waals surface area contributed by atoms with Gasteiger partial charge in [-0.3, -0.25) is 4.79 Å². The highest BCUT2D eigenvalue weighted by Crippen LogP contribution is 2.65. The smallest absolute Gasteiger partial charge is 0.310 e. The molecule has 40 heavy (non-hydrogen) atoms. The number of carbonyl (C=O) groups excluding carboxylic acids is 1. The van der Waals surface area contributed by atoms with E-state index in [1.807, 2.05) is 24.3 Å². The van der Waals surface area contributed by atoms with Crippen LogP contribution < -0.4 is 23.7 Å². The zero-order valence-electron chi connectivity index (χ0n) is 23.1. The van der Waals surface area contributed by atoms with Gasteiger partial charge in [-0.2, -0.15) is 0 Å². The largest absolute Gasteiger partial charge is 0.493 e. The van der Waals surface area contributed by atoms with Gasteiger partial charge in [0.15, 0.2) is 23.0 Å². The third-order valence-corrected chi connectivity index (χ3v) is 10.4. The van der Waals surface area contributed by atoms with Crippen molar-refractivity contribution in [2.24, 2.45) is 23.7 Å². The Morgan fingerprint density at radius 1 is 0.825 bits per heavy atom. The van der Waals surface area contributed by atoms with Gasteiger partial charge in [0.25, 0.3) is 0 Å². The Morgan fingerprint density at radius 2 is 1.43 bits per heavy atom. The van der Waals surface area contributed by atoms with Crippen molar-refractivity contribution in [3.63, 3.8) is 0 Å². The number of esters is 1. The summed E-state index contributed by atoms with van der Waals surface area (Å²) in [6, 6.07) is 7.37. The summed E-state index contributed by atoms with van der Waals surface area (Å²) in [5.74, 6) is -0.0346. The number of methoxy groups -OCH3 is 3. The van der Waals surface area contributed by atoms with Crippen molar-refractivity contribution >= 4 is 5.97 Å². The minimum absolute atomic E-state index is 0.0244. The summed E-state index contributed by atoms with van der Waals surface area (Å²) in [6.07, 6.45) is 5.43. The third kappa shape index (κ3) is 3.25. The maximum absolute atomic E-state index is 13.6. The van der Waals surface area contributed by atoms with Crippen LogP contribution in [0.1, 0.15) is 61.1 Å². The normalized spacial score (nSPS) is 35.4. The molecule has 0 amide bonds. The Bertz CT molecular complexity index is 1310. The van der Waals surface area contributed by atoms with E-state index in [4.69, 9.17) is 28.4 Å². The molecule has 2 N–H and O–H groups in total. The van der Waals surface area contributed by atoms with Crippen LogP contribution in [0.4, 0.5) is 0 Å². The van der Waals surface area contributed by atoms with E-state index >= 15 is 0 Å². The van der Waals surface area contributed by atoms with E-state index in [9.17, 15) is 15.0 Å². The van der Waals surface area contributed by atoms with Crippen LogP contribution in [-0.4, -0.2) is 56.5 Å². The number of ether oxygens (including phenoxy) is 6. The van der Waals surface area contributed by atoms with Gasteiger partial charge in [0.1, 0.15) is 11.2 Å². The van der Waals surface area contributed by atoms with Gasteiger partial charge < -0.3 is 38.6 Å². The average molecular weight is 553 g/mol. The Labute approximate surface area is 233 Å². The number of rotatable bonds is 5. The molecule has 0 unspecified atom stereocenters. The van der Waals surface area contributed by atoms with Crippen molar-refractivity contribution in [2.45, 2.75) is 55.6 Å². The second kappa shape index (κ2) is 9.17. The quantitative estimate of drug-likeness (QED) is 0.534. The summed E-state index contributed by atoms with van der Waals surface area (Å²) >= 11 is 0. The van der Waals surface area contributed by atoms with Crippen LogP contribution in [0.15, 0.2) is 24.3 Å². The zero-order chi connectivity index (χ0) is 27.8. The summed E-state index contributed by atoms with van der Waals surface area (Å²) < 4.78 is 34.2. The first-order chi connectivity index (χ1) is 19.4. The molecule has 0 aromatic heterocycles. The summed E-state index contributed by atoms with van der Waals surface area (Å²) in [6.45, 7) is 0.0898. The predicted molar refractivity (Wildman–Crippen MR) is 142 cm³/mol. The van der Waals surface area contributed by atoms with Crippen LogP contribution in [0.3, 0.4) is 0 Å². The predicted octanol–water partition coefficient (Wildman–Crippen LogP) is 3.89. The van der Waals surface area contributed by atoms with E-state index < -0.39 is 34.9 Å². The molecule has 5 aliphatic rings. The van der Waals surface area contributed by atoms with E-state index in [2.05, 4.69) is 0 Å². The molecule has 0 radical (unpaired) electrons. The van der Waals surface area contributed by atoms with Crippen LogP contribution >= 0.6 is 0 Å². The van der Waals surface area contributed by atoms with E-state index in [0.717, 1.165) is 44.1 Å². The third-order valence-electron chi connectivity index (χ3n) is 10.4. The van der Waals surface area contributed by atoms with E-state index in [1.54, 1.807) is 21.3 Å². The molecule has 2 aromatic rings. The van der Waals surface area contributed by atoms with Gasteiger partial charge in [-0.15, -0.1) is 0 Å². The molecule has 3 aliphatic carbocycles. The Hall–Kier alpha value is -3.17. The first-order valence-corrected chi connectivity index (χ1v) is 14.2. The topological polar surface area (TPSA) is 113 Å². The molecule has 2 saturated carbocycles. The summed E-state index contributed by atoms with van der Waals surface area (Å²) in [5, 5.41) is 25.9. The molecule has 2 bridgehead atoms. The van der Waals surface area contributed by atoms with Crippen molar-refractivity contribution in [3.8, 4) is 28.7 Å². The standard InChI is InChI=1S/C31H36O9/c1-35-24-10-16(11-25(36-2)28(24)37-3)26-19-12-22-23(40-15-39-22)13-20(19)31(34,21-14-38-29(32)27(21)26)30(33)17-6-4-7-18(30)9-5-8-17/h10-13,17-18,21,26-27,33-34H,4-9,14-15H2,1-3H3/t17?,18?,21-,26+,27-,30?,31-/m0/s1. The highest BCUT2D eigenvalue weighted by atomic mass is 16.7. The van der Waals surface area contributed by atoms with Crippen molar-refractivity contribution in [1.29, 1.82) is 0 Å². The van der Waals surface area contributed by atoms with Crippen molar-refractivity contribution < 1.29 is 43.4 Å². The van der Waals surface area contributed by atoms with Crippen molar-refractivity contribution in [3.05, 3.63) is 41.0 Å². The van der Waals surface area contributed by atoms with Gasteiger partial charge >= 0.3 is 5.97 Å². The van der Waals surface area contributed by atoms with Gasteiger partial charge in [-0.25, -0.2) is 0 Å². The lowest BCUT2D eigenvalue weighted by Crippen LogP contribution is -2.69. The minimum atomic E-state index is -1.71. The van der Waals surface area contributed by atoms with Gasteiger partial charge in [0, 0.05) is 11.8 Å². The number of cyclic esters (lactones) is 1. The van der Waals surface area contributed by atoms with Crippen molar-refractivity contribution in [1.82, 2.24) is 0 Å². The summed E-state index contributed by atoms with van der Waals surface area (Å²) in [7, 11) is 4.65. The molecule has 214 valence electrons. The first-order valence-electron chi connectivity index (χ1n) is 14.2. The molecule has 4 atom stereocenters. The lowest BCUT2D eigenvalue weighted by molar-refractivity contribution is -0.270. The minimum Gasteiger partial charge on any atom is -0.493 e. The molecule has 2 heterocycles. The second-order valence-corrected chi connectivity index (χ2v) is 11.8. The SMILES string of the molecule is COc1cc([C@@H]2c3cc4c(cc3[C@@](O)(C3(O)C5CCCC3CCC5)[C@H]3COC(=O)[C@H]23)OCO4)cc(OC)c1OC. The number of fused-ring (bicyclic) bond motifs is 5. The molecule has 1 saturated heterocycles. The lowest BCUT2D eigenvalue weighted by atomic mass is 9.47. The maximum atomic E-state index is 13.6. The zero-order valence-corrected chi connectivity index (χ0v) is 23.1. The molecule has 7 rings (SSSR count). The fraction of sp³-hybridized carbons (Fsp3) is 0.581. The Balaban J connectivity index is 1.50. The number of aliphatic hydroxyl groups is 2. The van der Waals surface area contributed by atoms with Gasteiger partial charge in [-0.05, 0) is 78.5 Å². The molecule has 2 aromatic carbocycles. The highest BCUT2D eigenvalue weighted by Gasteiger charge is 2.70. The Morgan fingerprint density at radius 3 is 2.00 bits per heavy atom.